The lowest BCUT2D eigenvalue weighted by Gasteiger charge is -2.08. The summed E-state index contributed by atoms with van der Waals surface area (Å²) in [5, 5.41) is 24.6. The maximum Gasteiger partial charge on any atom is 0.569 e. The molecule has 22 aromatic rings. The van der Waals surface area contributed by atoms with Crippen LogP contribution in [0.2, 0.25) is 0 Å². The van der Waals surface area contributed by atoms with Crippen LogP contribution in [0.25, 0.3) is 192 Å². The summed E-state index contributed by atoms with van der Waals surface area (Å²) in [5.41, 5.74) is 22.1. The highest BCUT2D eigenvalue weighted by molar-refractivity contribution is 9.10. The first kappa shape index (κ1) is 59.7. The number of furan rings is 4. The highest BCUT2D eigenvalue weighted by atomic mass is 79.9. The Hall–Kier alpha value is -12.3. The number of para-hydroxylation sites is 6. The van der Waals surface area contributed by atoms with E-state index in [1.807, 2.05) is 72.8 Å². The van der Waals surface area contributed by atoms with E-state index in [2.05, 4.69) is 288 Å². The van der Waals surface area contributed by atoms with Gasteiger partial charge in [0, 0.05) is 101 Å². The van der Waals surface area contributed by atoms with Crippen LogP contribution in [-0.4, -0.2) is 26.4 Å². The van der Waals surface area contributed by atoms with Gasteiger partial charge in [-0.1, -0.05) is 165 Å². The lowest BCUT2D eigenvalue weighted by atomic mass is 9.99. The molecule has 0 bridgehead atoms. The van der Waals surface area contributed by atoms with E-state index in [9.17, 15) is 0 Å². The van der Waals surface area contributed by atoms with Crippen molar-refractivity contribution >= 4 is 193 Å². The van der Waals surface area contributed by atoms with Gasteiger partial charge < -0.3 is 41.0 Å². The molecule has 0 aliphatic heterocycles. The van der Waals surface area contributed by atoms with Gasteiger partial charge in [-0.3, -0.25) is 0 Å². The highest BCUT2D eigenvalue weighted by Gasteiger charge is 2.21. The van der Waals surface area contributed by atoms with E-state index in [0.29, 0.717) is 13.4 Å². The minimum atomic E-state index is 0.617. The van der Waals surface area contributed by atoms with Crippen LogP contribution in [0, 0.1) is 0 Å². The molecule has 0 fully saturated rings. The van der Waals surface area contributed by atoms with Crippen molar-refractivity contribution in [2.24, 2.45) is 0 Å². The molecule has 0 atom stereocenters. The fourth-order valence-corrected chi connectivity index (χ4v) is 16.1. The second kappa shape index (κ2) is 24.0. The fourth-order valence-electron chi connectivity index (χ4n) is 15.4. The normalized spacial score (nSPS) is 11.9. The molecule has 0 aliphatic carbocycles. The third kappa shape index (κ3) is 9.85. The lowest BCUT2D eigenvalue weighted by Crippen LogP contribution is -1.99. The molecule has 102 heavy (non-hydrogen) atoms. The zero-order valence-corrected chi connectivity index (χ0v) is 57.4. The Morgan fingerprint density at radius 3 is 0.873 bits per heavy atom. The van der Waals surface area contributed by atoms with Crippen molar-refractivity contribution in [3.05, 3.63) is 324 Å². The molecule has 12 heteroatoms. The summed E-state index contributed by atoms with van der Waals surface area (Å²) < 4.78 is 39.2. The Kier molecular flexibility index (Phi) is 14.0. The minimum absolute atomic E-state index is 0.617. The largest absolute Gasteiger partial charge is 0.569 e. The summed E-state index contributed by atoms with van der Waals surface area (Å²) in [6.45, 7) is 0. The van der Waals surface area contributed by atoms with Crippen LogP contribution in [-0.2, 0) is 0 Å². The molecule has 0 saturated heterocycles. The van der Waals surface area contributed by atoms with E-state index in [1.165, 1.54) is 54.7 Å². The first-order valence-electron chi connectivity index (χ1n) is 33.7. The lowest BCUT2D eigenvalue weighted by molar-refractivity contribution is 0.454. The first-order chi connectivity index (χ1) is 50.3. The van der Waals surface area contributed by atoms with Crippen molar-refractivity contribution in [2.45, 2.75) is 0 Å². The molecule has 1 radical (unpaired) electrons. The number of benzene rings is 15. The molecule has 1 N–H and O–H groups in total. The van der Waals surface area contributed by atoms with Crippen LogP contribution in [0.4, 0.5) is 0 Å². The van der Waals surface area contributed by atoms with Gasteiger partial charge in [-0.2, -0.15) is 0 Å². The summed E-state index contributed by atoms with van der Waals surface area (Å²) in [4.78, 5) is 0. The Balaban J connectivity index is 0.000000128. The summed E-state index contributed by atoms with van der Waals surface area (Å²) >= 11 is 7.04. The molecular formula is C90H53BBr2N3O6. The van der Waals surface area contributed by atoms with Crippen molar-refractivity contribution < 1.29 is 27.3 Å². The molecule has 7 heterocycles. The van der Waals surface area contributed by atoms with Gasteiger partial charge in [0.2, 0.25) is 0 Å². The molecule has 15 aromatic carbocycles. The summed E-state index contributed by atoms with van der Waals surface area (Å²) in [7, 11) is 0.706. The van der Waals surface area contributed by atoms with Crippen molar-refractivity contribution in [3.63, 3.8) is 0 Å². The molecular weight excluding hydrogens is 1390 g/mol. The van der Waals surface area contributed by atoms with Crippen LogP contribution in [0.15, 0.2) is 342 Å². The molecule has 0 aliphatic rings. The Morgan fingerprint density at radius 1 is 0.235 bits per heavy atom. The van der Waals surface area contributed by atoms with E-state index >= 15 is 0 Å². The topological polar surface area (TPSA) is 96.8 Å². The van der Waals surface area contributed by atoms with E-state index in [0.717, 1.165) is 147 Å². The van der Waals surface area contributed by atoms with Crippen LogP contribution in [0.3, 0.4) is 0 Å². The average Bonchev–Trinajstić information content (AvgIpc) is 1.60. The SMILES string of the molecule is Brc1ccc2oc3cc4c(cc3c2c1)oc1ccc(Br)cc14.O[B]Oc1ccc2c(c1)c1ccccc1n2-c1ccccc1.c1ccc(-n2c3ccccc3c3cc(-c4ccc5oc6cc7c(cc6c5c4)oc4ccc(-c5ccc6c(c5)c5ccccc5n6-c5ccccc5)cc47)ccc32)cc1. The summed E-state index contributed by atoms with van der Waals surface area (Å²) in [5.74, 6) is 0.617. The average molecular weight is 1440 g/mol. The number of hydrogen-bond acceptors (Lipinski definition) is 6. The minimum Gasteiger partial charge on any atom is -0.537 e. The Morgan fingerprint density at radius 2 is 0.510 bits per heavy atom. The number of aromatic nitrogens is 3. The molecule has 9 nitrogen and oxygen atoms in total. The van der Waals surface area contributed by atoms with Crippen molar-refractivity contribution in [1.82, 2.24) is 13.7 Å². The van der Waals surface area contributed by atoms with E-state index in [1.54, 1.807) is 0 Å². The number of fused-ring (bicyclic) bond motifs is 21. The predicted molar refractivity (Wildman–Crippen MR) is 426 cm³/mol. The van der Waals surface area contributed by atoms with Gasteiger partial charge in [0.15, 0.2) is 0 Å². The van der Waals surface area contributed by atoms with E-state index in [-0.39, 0.29) is 0 Å². The van der Waals surface area contributed by atoms with Gasteiger partial charge in [-0.15, -0.1) is 0 Å². The molecule has 0 unspecified atom stereocenters. The Bertz CT molecular complexity index is 6780. The molecule has 0 saturated carbocycles. The molecule has 481 valence electrons. The maximum absolute atomic E-state index is 8.84. The van der Waals surface area contributed by atoms with Gasteiger partial charge in [-0.25, -0.2) is 0 Å². The zero-order valence-electron chi connectivity index (χ0n) is 54.2. The second-order valence-corrected chi connectivity index (χ2v) is 27.6. The highest BCUT2D eigenvalue weighted by Crippen LogP contribution is 2.44. The van der Waals surface area contributed by atoms with Crippen molar-refractivity contribution in [1.29, 1.82) is 0 Å². The predicted octanol–water partition coefficient (Wildman–Crippen LogP) is 25.7. The van der Waals surface area contributed by atoms with Gasteiger partial charge in [0.25, 0.3) is 0 Å². The molecule has 7 aromatic heterocycles. The monoisotopic (exact) mass is 1440 g/mol. The van der Waals surface area contributed by atoms with E-state index < -0.39 is 0 Å². The third-order valence-electron chi connectivity index (χ3n) is 19.9. The molecule has 22 rings (SSSR count). The zero-order chi connectivity index (χ0) is 67.7. The smallest absolute Gasteiger partial charge is 0.537 e. The van der Waals surface area contributed by atoms with Gasteiger partial charge >= 0.3 is 7.69 Å². The number of nitrogens with zero attached hydrogens (tertiary/aromatic N) is 3. The molecule has 0 spiro atoms. The van der Waals surface area contributed by atoms with Crippen LogP contribution < -0.4 is 4.65 Å². The fraction of sp³-hybridized carbons (Fsp3) is 0. The van der Waals surface area contributed by atoms with Gasteiger partial charge in [-0.05, 0) is 204 Å². The van der Waals surface area contributed by atoms with Gasteiger partial charge in [0.1, 0.15) is 50.4 Å². The van der Waals surface area contributed by atoms with E-state index in [4.69, 9.17) is 27.3 Å². The third-order valence-corrected chi connectivity index (χ3v) is 20.9. The van der Waals surface area contributed by atoms with Crippen LogP contribution >= 0.6 is 31.9 Å². The number of rotatable bonds is 7. The van der Waals surface area contributed by atoms with Crippen LogP contribution in [0.5, 0.6) is 5.75 Å². The number of halogens is 2. The first-order valence-corrected chi connectivity index (χ1v) is 35.2. The van der Waals surface area contributed by atoms with Crippen molar-refractivity contribution in [2.75, 3.05) is 0 Å². The van der Waals surface area contributed by atoms with Crippen LogP contribution in [0.1, 0.15) is 0 Å². The Labute approximate surface area is 599 Å². The number of hydrogen-bond donors (Lipinski definition) is 1. The van der Waals surface area contributed by atoms with Gasteiger partial charge in [0.05, 0.1) is 33.1 Å². The molecule has 0 amide bonds. The van der Waals surface area contributed by atoms with Crippen molar-refractivity contribution in [3.8, 4) is 45.1 Å². The standard InChI is InChI=1S/C54H32N2O2.C18H13BNO2.C18H8Br2O2/c1-3-11-37(12-4-1)55-47-17-9-7-15-39(47)41-27-33(19-23-49(41)55)35-21-25-51-43(29-35)45-31-54-46(32-53(45)57-51)44-30-36(22-26-52(44)58-54)34-20-24-50-42(28-34)40-16-8-10-18-48(40)56(50)38-13-5-2-6-14-38;21-19-22-14-10-11-18-16(12-14)15-8-4-5-9-17(15)20(18)13-6-2-1-3-7-13;19-9-1-3-15-11(5-9)13-7-18-14(8-17(13)21-15)12-6-10(20)2-4-16(12)22-18/h1-32H;1-12,21H;1-8H. The summed E-state index contributed by atoms with van der Waals surface area (Å²) in [6, 6.07) is 110. The maximum atomic E-state index is 8.84. The quantitative estimate of drug-likeness (QED) is 0.160. The second-order valence-electron chi connectivity index (χ2n) is 25.7. The summed E-state index contributed by atoms with van der Waals surface area (Å²) in [6.07, 6.45) is 0.